The van der Waals surface area contributed by atoms with E-state index in [1.165, 1.54) is 25.3 Å². The number of carbonyl (C=O) groups excluding carboxylic acids is 1. The van der Waals surface area contributed by atoms with E-state index in [4.69, 9.17) is 10.5 Å². The molecule has 1 aliphatic rings. The number of nitro groups is 1. The van der Waals surface area contributed by atoms with Crippen LogP contribution >= 0.6 is 0 Å². The monoisotopic (exact) mass is 293 g/mol. The number of nitrogens with zero attached hydrogens (tertiary/aromatic N) is 1. The van der Waals surface area contributed by atoms with Gasteiger partial charge in [-0.05, 0) is 31.7 Å². The van der Waals surface area contributed by atoms with Crippen molar-refractivity contribution in [1.29, 1.82) is 0 Å². The van der Waals surface area contributed by atoms with Gasteiger partial charge in [0.1, 0.15) is 5.75 Å². The van der Waals surface area contributed by atoms with Gasteiger partial charge in [-0.3, -0.25) is 14.9 Å². The summed E-state index contributed by atoms with van der Waals surface area (Å²) in [6.07, 6.45) is 3.39. The predicted molar refractivity (Wildman–Crippen MR) is 77.3 cm³/mol. The number of hydrogen-bond donors (Lipinski definition) is 2. The van der Waals surface area contributed by atoms with E-state index in [0.29, 0.717) is 5.75 Å². The van der Waals surface area contributed by atoms with Crippen molar-refractivity contribution in [3.05, 3.63) is 33.9 Å². The lowest BCUT2D eigenvalue weighted by Crippen LogP contribution is -2.40. The van der Waals surface area contributed by atoms with E-state index in [2.05, 4.69) is 5.32 Å². The van der Waals surface area contributed by atoms with Gasteiger partial charge in [0, 0.05) is 24.2 Å². The third kappa shape index (κ3) is 3.69. The van der Waals surface area contributed by atoms with Gasteiger partial charge in [0.05, 0.1) is 17.6 Å². The molecule has 0 aliphatic heterocycles. The van der Waals surface area contributed by atoms with Gasteiger partial charge in [-0.25, -0.2) is 0 Å². The minimum Gasteiger partial charge on any atom is -0.496 e. The van der Waals surface area contributed by atoms with Crippen LogP contribution in [0.5, 0.6) is 5.75 Å². The van der Waals surface area contributed by atoms with Crippen LogP contribution in [0.15, 0.2) is 18.2 Å². The molecule has 0 saturated heterocycles. The lowest BCUT2D eigenvalue weighted by molar-refractivity contribution is -0.384. The Morgan fingerprint density at radius 3 is 2.62 bits per heavy atom. The van der Waals surface area contributed by atoms with Crippen molar-refractivity contribution in [3.63, 3.8) is 0 Å². The summed E-state index contributed by atoms with van der Waals surface area (Å²) >= 11 is 0. The topological polar surface area (TPSA) is 107 Å². The molecule has 1 amide bonds. The molecule has 1 aliphatic carbocycles. The molecule has 0 atom stereocenters. The third-order valence-corrected chi connectivity index (χ3v) is 3.75. The quantitative estimate of drug-likeness (QED) is 0.647. The van der Waals surface area contributed by atoms with Crippen LogP contribution in [0.1, 0.15) is 36.0 Å². The summed E-state index contributed by atoms with van der Waals surface area (Å²) < 4.78 is 5.10. The first kappa shape index (κ1) is 15.2. The minimum absolute atomic E-state index is 0.0567. The summed E-state index contributed by atoms with van der Waals surface area (Å²) in [4.78, 5) is 22.6. The number of hydrogen-bond acceptors (Lipinski definition) is 5. The lowest BCUT2D eigenvalue weighted by atomic mass is 9.91. The SMILES string of the molecule is COc1ccc([N+](=O)[O-])cc1C(=O)NC1CCC(N)CC1. The van der Waals surface area contributed by atoms with Gasteiger partial charge in [0.25, 0.3) is 11.6 Å². The molecule has 1 aromatic rings. The van der Waals surface area contributed by atoms with Crippen molar-refractivity contribution in [1.82, 2.24) is 5.32 Å². The highest BCUT2D eigenvalue weighted by atomic mass is 16.6. The number of ether oxygens (including phenoxy) is 1. The van der Waals surface area contributed by atoms with Crippen LogP contribution in [0.3, 0.4) is 0 Å². The third-order valence-electron chi connectivity index (χ3n) is 3.75. The molecule has 7 nitrogen and oxygen atoms in total. The number of benzene rings is 1. The average Bonchev–Trinajstić information content (AvgIpc) is 2.48. The Bertz CT molecular complexity index is 539. The van der Waals surface area contributed by atoms with E-state index in [-0.39, 0.29) is 29.2 Å². The van der Waals surface area contributed by atoms with Crippen molar-refractivity contribution in [2.24, 2.45) is 5.73 Å². The Kier molecular flexibility index (Phi) is 4.74. The number of nitrogens with one attached hydrogen (secondary N) is 1. The molecular formula is C14H19N3O4. The molecule has 2 rings (SSSR count). The zero-order valence-corrected chi connectivity index (χ0v) is 11.9. The van der Waals surface area contributed by atoms with Crippen LogP contribution in [0.25, 0.3) is 0 Å². The number of amides is 1. The molecule has 1 fully saturated rings. The first-order chi connectivity index (χ1) is 10.0. The Labute approximate surface area is 122 Å². The molecule has 7 heteroatoms. The fraction of sp³-hybridized carbons (Fsp3) is 0.500. The summed E-state index contributed by atoms with van der Waals surface area (Å²) in [5.41, 5.74) is 5.88. The van der Waals surface area contributed by atoms with E-state index < -0.39 is 4.92 Å². The molecule has 0 heterocycles. The Morgan fingerprint density at radius 2 is 2.05 bits per heavy atom. The first-order valence-corrected chi connectivity index (χ1v) is 6.90. The number of rotatable bonds is 4. The molecule has 0 aromatic heterocycles. The molecule has 114 valence electrons. The highest BCUT2D eigenvalue weighted by Gasteiger charge is 2.23. The molecule has 21 heavy (non-hydrogen) atoms. The highest BCUT2D eigenvalue weighted by molar-refractivity contribution is 5.97. The van der Waals surface area contributed by atoms with Crippen molar-refractivity contribution in [2.75, 3.05) is 7.11 Å². The van der Waals surface area contributed by atoms with E-state index in [0.717, 1.165) is 25.7 Å². The molecular weight excluding hydrogens is 274 g/mol. The summed E-state index contributed by atoms with van der Waals surface area (Å²) in [6.45, 7) is 0. The maximum Gasteiger partial charge on any atom is 0.270 e. The summed E-state index contributed by atoms with van der Waals surface area (Å²) in [6, 6.07) is 4.24. The van der Waals surface area contributed by atoms with Crippen molar-refractivity contribution < 1.29 is 14.5 Å². The number of nitrogens with two attached hydrogens (primary N) is 1. The van der Waals surface area contributed by atoms with E-state index in [1.807, 2.05) is 0 Å². The molecule has 1 aromatic carbocycles. The van der Waals surface area contributed by atoms with Crippen LogP contribution in [0.2, 0.25) is 0 Å². The normalized spacial score (nSPS) is 21.6. The molecule has 0 bridgehead atoms. The number of carbonyl (C=O) groups is 1. The molecule has 1 saturated carbocycles. The van der Waals surface area contributed by atoms with Gasteiger partial charge >= 0.3 is 0 Å². The van der Waals surface area contributed by atoms with Crippen LogP contribution in [-0.2, 0) is 0 Å². The fourth-order valence-electron chi connectivity index (χ4n) is 2.51. The van der Waals surface area contributed by atoms with Crippen LogP contribution in [-0.4, -0.2) is 30.0 Å². The predicted octanol–water partition coefficient (Wildman–Crippen LogP) is 1.60. The number of non-ortho nitro benzene ring substituents is 1. The zero-order chi connectivity index (χ0) is 15.4. The molecule has 0 radical (unpaired) electrons. The van der Waals surface area contributed by atoms with Crippen molar-refractivity contribution >= 4 is 11.6 Å². The average molecular weight is 293 g/mol. The standard InChI is InChI=1S/C14H19N3O4/c1-21-13-7-6-11(17(19)20)8-12(13)14(18)16-10-4-2-9(15)3-5-10/h6-10H,2-5,15H2,1H3,(H,16,18). The molecule has 0 unspecified atom stereocenters. The van der Waals surface area contributed by atoms with Crippen molar-refractivity contribution in [2.45, 2.75) is 37.8 Å². The zero-order valence-electron chi connectivity index (χ0n) is 11.9. The Balaban J connectivity index is 2.13. The number of methoxy groups -OCH3 is 1. The summed E-state index contributed by atoms with van der Waals surface area (Å²) in [5.74, 6) is -0.0263. The van der Waals surface area contributed by atoms with Crippen LogP contribution in [0.4, 0.5) is 5.69 Å². The van der Waals surface area contributed by atoms with Gasteiger partial charge in [-0.2, -0.15) is 0 Å². The lowest BCUT2D eigenvalue weighted by Gasteiger charge is -2.27. The van der Waals surface area contributed by atoms with Gasteiger partial charge in [0.2, 0.25) is 0 Å². The number of nitro benzene ring substituents is 1. The van der Waals surface area contributed by atoms with Gasteiger partial charge in [0.15, 0.2) is 0 Å². The van der Waals surface area contributed by atoms with E-state index in [9.17, 15) is 14.9 Å². The van der Waals surface area contributed by atoms with Gasteiger partial charge in [-0.1, -0.05) is 0 Å². The summed E-state index contributed by atoms with van der Waals surface area (Å²) in [7, 11) is 1.43. The van der Waals surface area contributed by atoms with Gasteiger partial charge in [-0.15, -0.1) is 0 Å². The second-order valence-corrected chi connectivity index (χ2v) is 5.23. The maximum absolute atomic E-state index is 12.3. The van der Waals surface area contributed by atoms with Crippen LogP contribution < -0.4 is 15.8 Å². The van der Waals surface area contributed by atoms with Crippen molar-refractivity contribution in [3.8, 4) is 5.75 Å². The van der Waals surface area contributed by atoms with Gasteiger partial charge < -0.3 is 15.8 Å². The van der Waals surface area contributed by atoms with Crippen LogP contribution in [0, 0.1) is 10.1 Å². The van der Waals surface area contributed by atoms with E-state index >= 15 is 0 Å². The largest absolute Gasteiger partial charge is 0.496 e. The second-order valence-electron chi connectivity index (χ2n) is 5.23. The Morgan fingerprint density at radius 1 is 1.38 bits per heavy atom. The first-order valence-electron chi connectivity index (χ1n) is 6.90. The fourth-order valence-corrected chi connectivity index (χ4v) is 2.51. The smallest absolute Gasteiger partial charge is 0.270 e. The van der Waals surface area contributed by atoms with E-state index in [1.54, 1.807) is 0 Å². The Hall–Kier alpha value is -2.15. The molecule has 0 spiro atoms. The minimum atomic E-state index is -0.532. The highest BCUT2D eigenvalue weighted by Crippen LogP contribution is 2.25. The second kappa shape index (κ2) is 6.53. The molecule has 3 N–H and O–H groups in total. The summed E-state index contributed by atoms with van der Waals surface area (Å²) in [5, 5.41) is 13.7. The maximum atomic E-state index is 12.3.